The van der Waals surface area contributed by atoms with Gasteiger partial charge in [0, 0.05) is 36.2 Å². The zero-order valence-corrected chi connectivity index (χ0v) is 21.6. The molecule has 1 amide bonds. The van der Waals surface area contributed by atoms with Crippen molar-refractivity contribution in [1.29, 1.82) is 0 Å². The van der Waals surface area contributed by atoms with Gasteiger partial charge in [-0.2, -0.15) is 4.31 Å². The number of aryl methyl sites for hydroxylation is 2. The summed E-state index contributed by atoms with van der Waals surface area (Å²) < 4.78 is 55.3. The lowest BCUT2D eigenvalue weighted by molar-refractivity contribution is 0.102. The predicted molar refractivity (Wildman–Crippen MR) is 136 cm³/mol. The molecule has 2 aromatic carbocycles. The maximum absolute atomic E-state index is 13.1. The molecule has 1 fully saturated rings. The van der Waals surface area contributed by atoms with Crippen molar-refractivity contribution in [2.45, 2.75) is 42.9 Å². The van der Waals surface area contributed by atoms with Crippen molar-refractivity contribution in [2.24, 2.45) is 0 Å². The third-order valence-corrected chi connectivity index (χ3v) is 9.21. The molecule has 1 aliphatic heterocycles. The standard InChI is InChI=1S/C24H27N5O5S2/c1-17-6-7-19(16-22(17)36(33,34)29-14-4-3-5-15-29)23(30)27-20-8-10-21(11-9-20)35(31,32)28-24-25-13-12-18(2)26-24/h6-13,16H,3-5,14-15H2,1-2H3,(H,27,30)(H,25,26,28). The lowest BCUT2D eigenvalue weighted by atomic mass is 10.1. The Morgan fingerprint density at radius 3 is 2.28 bits per heavy atom. The lowest BCUT2D eigenvalue weighted by Crippen LogP contribution is -2.36. The summed E-state index contributed by atoms with van der Waals surface area (Å²) in [5, 5.41) is 2.68. The molecule has 3 aromatic rings. The van der Waals surface area contributed by atoms with Crippen molar-refractivity contribution in [3.8, 4) is 0 Å². The first kappa shape index (κ1) is 25.7. The fraction of sp³-hybridized carbons (Fsp3) is 0.292. The van der Waals surface area contributed by atoms with Gasteiger partial charge in [-0.3, -0.25) is 4.79 Å². The van der Waals surface area contributed by atoms with E-state index in [9.17, 15) is 21.6 Å². The van der Waals surface area contributed by atoms with E-state index in [4.69, 9.17) is 0 Å². The van der Waals surface area contributed by atoms with Crippen LogP contribution in [-0.2, 0) is 20.0 Å². The number of amides is 1. The average molecular weight is 530 g/mol. The van der Waals surface area contributed by atoms with Crippen LogP contribution in [0.3, 0.4) is 0 Å². The van der Waals surface area contributed by atoms with E-state index in [1.54, 1.807) is 32.0 Å². The molecule has 190 valence electrons. The third-order valence-electron chi connectivity index (χ3n) is 5.83. The van der Waals surface area contributed by atoms with Crippen LogP contribution < -0.4 is 10.0 Å². The number of carbonyl (C=O) groups is 1. The van der Waals surface area contributed by atoms with E-state index >= 15 is 0 Å². The molecule has 1 aliphatic rings. The van der Waals surface area contributed by atoms with Gasteiger partial charge in [-0.15, -0.1) is 0 Å². The molecule has 0 atom stereocenters. The summed E-state index contributed by atoms with van der Waals surface area (Å²) in [6, 6.07) is 11.8. The van der Waals surface area contributed by atoms with Crippen LogP contribution in [0.25, 0.3) is 0 Å². The molecule has 2 N–H and O–H groups in total. The molecule has 10 nitrogen and oxygen atoms in total. The minimum atomic E-state index is -3.92. The van der Waals surface area contributed by atoms with Gasteiger partial charge in [0.1, 0.15) is 0 Å². The number of carbonyl (C=O) groups excluding carboxylic acids is 1. The van der Waals surface area contributed by atoms with E-state index < -0.39 is 26.0 Å². The summed E-state index contributed by atoms with van der Waals surface area (Å²) in [7, 11) is -7.63. The number of hydrogen-bond acceptors (Lipinski definition) is 7. The lowest BCUT2D eigenvalue weighted by Gasteiger charge is -2.26. The molecule has 36 heavy (non-hydrogen) atoms. The number of nitrogens with one attached hydrogen (secondary N) is 2. The first-order valence-electron chi connectivity index (χ1n) is 11.4. The Morgan fingerprint density at radius 2 is 1.61 bits per heavy atom. The topological polar surface area (TPSA) is 138 Å². The highest BCUT2D eigenvalue weighted by Crippen LogP contribution is 2.25. The summed E-state index contributed by atoms with van der Waals surface area (Å²) in [5.41, 5.74) is 1.72. The second-order valence-corrected chi connectivity index (χ2v) is 12.1. The summed E-state index contributed by atoms with van der Waals surface area (Å²) >= 11 is 0. The molecule has 1 saturated heterocycles. The summed E-state index contributed by atoms with van der Waals surface area (Å²) in [6.45, 7) is 4.36. The Bertz CT molecular complexity index is 1480. The number of sulfonamides is 2. The first-order chi connectivity index (χ1) is 17.1. The second kappa shape index (κ2) is 10.3. The summed E-state index contributed by atoms with van der Waals surface area (Å²) in [5.74, 6) is -0.547. The van der Waals surface area contributed by atoms with E-state index in [1.165, 1.54) is 40.8 Å². The van der Waals surface area contributed by atoms with Gasteiger partial charge < -0.3 is 5.32 Å². The summed E-state index contributed by atoms with van der Waals surface area (Å²) in [4.78, 5) is 20.9. The van der Waals surface area contributed by atoms with Crippen LogP contribution in [0.1, 0.15) is 40.9 Å². The van der Waals surface area contributed by atoms with Crippen molar-refractivity contribution in [2.75, 3.05) is 23.1 Å². The molecule has 0 unspecified atom stereocenters. The molecule has 2 heterocycles. The maximum atomic E-state index is 13.1. The minimum Gasteiger partial charge on any atom is -0.322 e. The SMILES string of the molecule is Cc1ccnc(NS(=O)(=O)c2ccc(NC(=O)c3ccc(C)c(S(=O)(=O)N4CCCCC4)c3)cc2)n1. The van der Waals surface area contributed by atoms with E-state index in [0.717, 1.165) is 19.3 Å². The highest BCUT2D eigenvalue weighted by molar-refractivity contribution is 7.92. The molecule has 12 heteroatoms. The molecular weight excluding hydrogens is 502 g/mol. The Balaban J connectivity index is 1.49. The quantitative estimate of drug-likeness (QED) is 0.479. The van der Waals surface area contributed by atoms with Gasteiger partial charge in [-0.05, 0) is 74.7 Å². The number of anilines is 2. The van der Waals surface area contributed by atoms with Crippen LogP contribution >= 0.6 is 0 Å². The van der Waals surface area contributed by atoms with E-state index in [0.29, 0.717) is 30.0 Å². The monoisotopic (exact) mass is 529 g/mol. The number of benzene rings is 2. The van der Waals surface area contributed by atoms with Crippen molar-refractivity contribution in [1.82, 2.24) is 14.3 Å². The molecule has 1 aromatic heterocycles. The van der Waals surface area contributed by atoms with Gasteiger partial charge in [0.2, 0.25) is 16.0 Å². The van der Waals surface area contributed by atoms with Crippen LogP contribution in [-0.4, -0.2) is 50.1 Å². The maximum Gasteiger partial charge on any atom is 0.264 e. The largest absolute Gasteiger partial charge is 0.322 e. The fourth-order valence-electron chi connectivity index (χ4n) is 3.86. The Hall–Kier alpha value is -3.35. The van der Waals surface area contributed by atoms with Crippen LogP contribution in [0.5, 0.6) is 0 Å². The van der Waals surface area contributed by atoms with Crippen LogP contribution in [0, 0.1) is 13.8 Å². The Morgan fingerprint density at radius 1 is 0.917 bits per heavy atom. The first-order valence-corrected chi connectivity index (χ1v) is 14.3. The predicted octanol–water partition coefficient (Wildman–Crippen LogP) is 3.32. The van der Waals surface area contributed by atoms with E-state index in [1.807, 2.05) is 0 Å². The van der Waals surface area contributed by atoms with Gasteiger partial charge in [-0.25, -0.2) is 31.5 Å². The van der Waals surface area contributed by atoms with Crippen LogP contribution in [0.15, 0.2) is 64.5 Å². The number of hydrogen-bond donors (Lipinski definition) is 2. The number of piperidine rings is 1. The molecule has 0 bridgehead atoms. The molecule has 4 rings (SSSR count). The average Bonchev–Trinajstić information content (AvgIpc) is 2.85. The van der Waals surface area contributed by atoms with Crippen molar-refractivity contribution >= 4 is 37.6 Å². The highest BCUT2D eigenvalue weighted by atomic mass is 32.2. The van der Waals surface area contributed by atoms with E-state index in [-0.39, 0.29) is 21.3 Å². The zero-order valence-electron chi connectivity index (χ0n) is 19.9. The summed E-state index contributed by atoms with van der Waals surface area (Å²) in [6.07, 6.45) is 4.09. The van der Waals surface area contributed by atoms with Crippen molar-refractivity contribution in [3.63, 3.8) is 0 Å². The van der Waals surface area contributed by atoms with Gasteiger partial charge in [0.05, 0.1) is 9.79 Å². The van der Waals surface area contributed by atoms with Crippen molar-refractivity contribution < 1.29 is 21.6 Å². The molecular formula is C24H27N5O5S2. The van der Waals surface area contributed by atoms with Gasteiger partial charge >= 0.3 is 0 Å². The van der Waals surface area contributed by atoms with Crippen LogP contribution in [0.4, 0.5) is 11.6 Å². The van der Waals surface area contributed by atoms with Crippen molar-refractivity contribution in [3.05, 3.63) is 71.5 Å². The van der Waals surface area contributed by atoms with Crippen LogP contribution in [0.2, 0.25) is 0 Å². The highest BCUT2D eigenvalue weighted by Gasteiger charge is 2.28. The number of rotatable bonds is 7. The Labute approximate surface area is 210 Å². The molecule has 0 saturated carbocycles. The smallest absolute Gasteiger partial charge is 0.264 e. The zero-order chi connectivity index (χ0) is 25.9. The molecule has 0 aliphatic carbocycles. The van der Waals surface area contributed by atoms with Gasteiger partial charge in [0.25, 0.3) is 15.9 Å². The van der Waals surface area contributed by atoms with Gasteiger partial charge in [-0.1, -0.05) is 12.5 Å². The molecule has 0 radical (unpaired) electrons. The molecule has 0 spiro atoms. The van der Waals surface area contributed by atoms with Gasteiger partial charge in [0.15, 0.2) is 0 Å². The normalized spacial score (nSPS) is 14.8. The number of aromatic nitrogens is 2. The number of nitrogens with zero attached hydrogens (tertiary/aromatic N) is 3. The second-order valence-electron chi connectivity index (χ2n) is 8.55. The minimum absolute atomic E-state index is 0.0316. The third kappa shape index (κ3) is 5.72. The van der Waals surface area contributed by atoms with E-state index in [2.05, 4.69) is 20.0 Å². The fourth-order valence-corrected chi connectivity index (χ4v) is 6.58. The Kier molecular flexibility index (Phi) is 7.38.